The number of benzene rings is 1. The molecule has 3 heterocycles. The lowest BCUT2D eigenvalue weighted by molar-refractivity contribution is 0.0935. The van der Waals surface area contributed by atoms with Crippen LogP contribution in [0.15, 0.2) is 41.8 Å². The number of aromatic nitrogens is 1. The Bertz CT molecular complexity index is 1050. The summed E-state index contributed by atoms with van der Waals surface area (Å²) in [5, 5.41) is 6.39. The minimum atomic E-state index is 0.0733. The van der Waals surface area contributed by atoms with Gasteiger partial charge in [-0.2, -0.15) is 11.8 Å². The topological polar surface area (TPSA) is 42.0 Å². The summed E-state index contributed by atoms with van der Waals surface area (Å²) in [4.78, 5) is 19.5. The van der Waals surface area contributed by atoms with Crippen LogP contribution in [0.5, 0.6) is 0 Å². The molecule has 5 rings (SSSR count). The highest BCUT2D eigenvalue weighted by atomic mass is 32.2. The Balaban J connectivity index is 1.59. The average Bonchev–Trinajstić information content (AvgIpc) is 3.37. The number of fused-ring (bicyclic) bond motifs is 2. The van der Waals surface area contributed by atoms with E-state index in [-0.39, 0.29) is 5.91 Å². The number of thiophene rings is 1. The number of thioether (sulfide) groups is 1. The third-order valence-electron chi connectivity index (χ3n) is 5.59. The van der Waals surface area contributed by atoms with E-state index in [0.29, 0.717) is 6.04 Å². The second-order valence-corrected chi connectivity index (χ2v) is 9.58. The number of para-hydroxylation sites is 1. The average molecular weight is 407 g/mol. The standard InChI is InChI=1S/C23H22N2OS2/c26-23(24-16-9-12-27-13-10-16)21-18-5-1-2-6-20(18)25-22-15(7-8-19(21)22)14-17-4-3-11-28-17/h1-6,11,14,16H,7-10,12-13H2,(H,24,26)/b15-14-. The number of hydrogen-bond acceptors (Lipinski definition) is 4. The minimum absolute atomic E-state index is 0.0733. The largest absolute Gasteiger partial charge is 0.349 e. The zero-order chi connectivity index (χ0) is 18.9. The SMILES string of the molecule is O=C(NC1CCSCC1)c1c2c(nc3ccccc13)/C(=C\c1cccs1)CC2. The molecule has 1 aliphatic heterocycles. The lowest BCUT2D eigenvalue weighted by Crippen LogP contribution is -2.37. The van der Waals surface area contributed by atoms with Crippen molar-refractivity contribution < 1.29 is 4.79 Å². The van der Waals surface area contributed by atoms with E-state index < -0.39 is 0 Å². The number of carbonyl (C=O) groups excluding carboxylic acids is 1. The van der Waals surface area contributed by atoms with E-state index in [0.717, 1.165) is 64.9 Å². The quantitative estimate of drug-likeness (QED) is 0.632. The van der Waals surface area contributed by atoms with Gasteiger partial charge in [0.15, 0.2) is 0 Å². The van der Waals surface area contributed by atoms with Crippen LogP contribution in [0, 0.1) is 0 Å². The Morgan fingerprint density at radius 3 is 2.79 bits per heavy atom. The molecule has 2 aliphatic rings. The van der Waals surface area contributed by atoms with Gasteiger partial charge in [-0.1, -0.05) is 24.3 Å². The summed E-state index contributed by atoms with van der Waals surface area (Å²) >= 11 is 3.71. The van der Waals surface area contributed by atoms with E-state index >= 15 is 0 Å². The summed E-state index contributed by atoms with van der Waals surface area (Å²) in [6, 6.07) is 12.5. The van der Waals surface area contributed by atoms with Crippen LogP contribution in [0.1, 0.15) is 45.8 Å². The predicted octanol–water partition coefficient (Wildman–Crippen LogP) is 5.41. The highest BCUT2D eigenvalue weighted by molar-refractivity contribution is 7.99. The Morgan fingerprint density at radius 2 is 1.96 bits per heavy atom. The van der Waals surface area contributed by atoms with E-state index in [1.165, 1.54) is 10.5 Å². The monoisotopic (exact) mass is 406 g/mol. The van der Waals surface area contributed by atoms with Crippen LogP contribution in [-0.2, 0) is 6.42 Å². The number of carbonyl (C=O) groups is 1. The van der Waals surface area contributed by atoms with Gasteiger partial charge < -0.3 is 5.32 Å². The molecule has 3 aromatic rings. The highest BCUT2D eigenvalue weighted by Crippen LogP contribution is 2.38. The van der Waals surface area contributed by atoms with Crippen molar-refractivity contribution in [2.75, 3.05) is 11.5 Å². The third kappa shape index (κ3) is 3.38. The molecule has 1 aromatic carbocycles. The van der Waals surface area contributed by atoms with E-state index in [1.54, 1.807) is 11.3 Å². The minimum Gasteiger partial charge on any atom is -0.349 e. The van der Waals surface area contributed by atoms with Gasteiger partial charge in [0, 0.05) is 16.3 Å². The number of amides is 1. The van der Waals surface area contributed by atoms with Crippen molar-refractivity contribution in [1.82, 2.24) is 10.3 Å². The summed E-state index contributed by atoms with van der Waals surface area (Å²) in [6.45, 7) is 0. The van der Waals surface area contributed by atoms with Crippen LogP contribution in [0.2, 0.25) is 0 Å². The zero-order valence-corrected chi connectivity index (χ0v) is 17.2. The maximum absolute atomic E-state index is 13.3. The smallest absolute Gasteiger partial charge is 0.252 e. The first kappa shape index (κ1) is 18.0. The summed E-state index contributed by atoms with van der Waals surface area (Å²) in [5.41, 5.74) is 5.12. The lowest BCUT2D eigenvalue weighted by atomic mass is 9.99. The van der Waals surface area contributed by atoms with Gasteiger partial charge in [-0.25, -0.2) is 4.98 Å². The fourth-order valence-corrected chi connectivity index (χ4v) is 5.97. The molecular weight excluding hydrogens is 384 g/mol. The normalized spacial score (nSPS) is 18.5. The third-order valence-corrected chi connectivity index (χ3v) is 7.45. The molecule has 0 spiro atoms. The molecule has 1 fully saturated rings. The van der Waals surface area contributed by atoms with Crippen LogP contribution >= 0.6 is 23.1 Å². The van der Waals surface area contributed by atoms with Crippen molar-refractivity contribution in [3.05, 3.63) is 63.5 Å². The molecule has 1 aliphatic carbocycles. The Morgan fingerprint density at radius 1 is 1.11 bits per heavy atom. The van der Waals surface area contributed by atoms with Crippen LogP contribution in [0.3, 0.4) is 0 Å². The molecule has 2 aromatic heterocycles. The van der Waals surface area contributed by atoms with Crippen molar-refractivity contribution >= 4 is 51.6 Å². The van der Waals surface area contributed by atoms with Gasteiger partial charge in [0.1, 0.15) is 0 Å². The number of nitrogens with zero attached hydrogens (tertiary/aromatic N) is 1. The molecule has 0 unspecified atom stereocenters. The number of rotatable bonds is 3. The van der Waals surface area contributed by atoms with E-state index in [2.05, 4.69) is 28.9 Å². The van der Waals surface area contributed by atoms with Crippen molar-refractivity contribution in [3.63, 3.8) is 0 Å². The van der Waals surface area contributed by atoms with Gasteiger partial charge in [0.2, 0.25) is 0 Å². The van der Waals surface area contributed by atoms with Gasteiger partial charge >= 0.3 is 0 Å². The van der Waals surface area contributed by atoms with Gasteiger partial charge in [-0.3, -0.25) is 4.79 Å². The maximum Gasteiger partial charge on any atom is 0.252 e. The number of nitrogens with one attached hydrogen (secondary N) is 1. The summed E-state index contributed by atoms with van der Waals surface area (Å²) < 4.78 is 0. The number of allylic oxidation sites excluding steroid dienone is 1. The molecule has 0 radical (unpaired) electrons. The molecule has 0 bridgehead atoms. The maximum atomic E-state index is 13.3. The fraction of sp³-hybridized carbons (Fsp3) is 0.304. The molecule has 0 saturated carbocycles. The van der Waals surface area contributed by atoms with E-state index in [4.69, 9.17) is 4.98 Å². The van der Waals surface area contributed by atoms with E-state index in [1.807, 2.05) is 36.0 Å². The molecule has 0 atom stereocenters. The molecule has 142 valence electrons. The van der Waals surface area contributed by atoms with Crippen LogP contribution in [-0.4, -0.2) is 28.4 Å². The molecular formula is C23H22N2OS2. The molecule has 5 heteroatoms. The molecule has 28 heavy (non-hydrogen) atoms. The van der Waals surface area contributed by atoms with E-state index in [9.17, 15) is 4.79 Å². The van der Waals surface area contributed by atoms with Gasteiger partial charge in [0.25, 0.3) is 5.91 Å². The van der Waals surface area contributed by atoms with Gasteiger partial charge in [-0.15, -0.1) is 11.3 Å². The Hall–Kier alpha value is -2.11. The number of hydrogen-bond donors (Lipinski definition) is 1. The predicted molar refractivity (Wildman–Crippen MR) is 120 cm³/mol. The Labute approximate surface area is 173 Å². The van der Waals surface area contributed by atoms with Crippen molar-refractivity contribution in [3.8, 4) is 0 Å². The van der Waals surface area contributed by atoms with Gasteiger partial charge in [0.05, 0.1) is 16.8 Å². The number of pyridine rings is 1. The fourth-order valence-electron chi connectivity index (χ4n) is 4.18. The summed E-state index contributed by atoms with van der Waals surface area (Å²) in [5.74, 6) is 2.34. The lowest BCUT2D eigenvalue weighted by Gasteiger charge is -2.23. The first-order valence-electron chi connectivity index (χ1n) is 9.84. The van der Waals surface area contributed by atoms with Crippen LogP contribution in [0.4, 0.5) is 0 Å². The van der Waals surface area contributed by atoms with Crippen molar-refractivity contribution in [2.45, 2.75) is 31.7 Å². The van der Waals surface area contributed by atoms with Crippen molar-refractivity contribution in [2.24, 2.45) is 0 Å². The highest BCUT2D eigenvalue weighted by Gasteiger charge is 2.28. The van der Waals surface area contributed by atoms with Crippen LogP contribution in [0.25, 0.3) is 22.6 Å². The second-order valence-electron chi connectivity index (χ2n) is 7.38. The van der Waals surface area contributed by atoms with Crippen molar-refractivity contribution in [1.29, 1.82) is 0 Å². The molecule has 1 amide bonds. The summed E-state index contributed by atoms with van der Waals surface area (Å²) in [6.07, 6.45) is 6.18. The summed E-state index contributed by atoms with van der Waals surface area (Å²) in [7, 11) is 0. The first-order valence-corrected chi connectivity index (χ1v) is 11.9. The van der Waals surface area contributed by atoms with Gasteiger partial charge in [-0.05, 0) is 71.9 Å². The Kier molecular flexibility index (Phi) is 4.95. The van der Waals surface area contributed by atoms with Crippen LogP contribution < -0.4 is 5.32 Å². The molecule has 1 saturated heterocycles. The molecule has 3 nitrogen and oxygen atoms in total. The second kappa shape index (κ2) is 7.72. The first-order chi connectivity index (χ1) is 13.8. The molecule has 1 N–H and O–H groups in total. The zero-order valence-electron chi connectivity index (χ0n) is 15.6.